The molecule has 5 unspecified atom stereocenters. The summed E-state index contributed by atoms with van der Waals surface area (Å²) in [5, 5.41) is 0. The largest absolute Gasteiger partial charge is 0.496 e. The molecule has 0 saturated heterocycles. The van der Waals surface area contributed by atoms with Crippen LogP contribution in [0.3, 0.4) is 0 Å². The molecule has 1 aromatic rings. The molecule has 3 fully saturated rings. The molecule has 0 spiro atoms. The number of ether oxygens (including phenoxy) is 1. The predicted molar refractivity (Wildman–Crippen MR) is 80.7 cm³/mol. The molecule has 1 aromatic carbocycles. The number of rotatable bonds is 3. The minimum Gasteiger partial charge on any atom is -0.496 e. The van der Waals surface area contributed by atoms with Crippen LogP contribution in [0, 0.1) is 36.5 Å². The van der Waals surface area contributed by atoms with Gasteiger partial charge in [-0.25, -0.2) is 0 Å². The van der Waals surface area contributed by atoms with Crippen molar-refractivity contribution in [1.82, 2.24) is 0 Å². The molecule has 2 bridgehead atoms. The number of alkyl halides is 1. The molecule has 0 heterocycles. The van der Waals surface area contributed by atoms with Crippen LogP contribution >= 0.6 is 15.9 Å². The molecule has 4 rings (SSSR count). The van der Waals surface area contributed by atoms with Gasteiger partial charge >= 0.3 is 0 Å². The predicted octanol–water partition coefficient (Wildman–Crippen LogP) is 4.73. The van der Waals surface area contributed by atoms with Crippen LogP contribution in [-0.4, -0.2) is 7.11 Å². The molecule has 0 amide bonds. The van der Waals surface area contributed by atoms with E-state index in [0.29, 0.717) is 4.83 Å². The van der Waals surface area contributed by atoms with Gasteiger partial charge in [0.15, 0.2) is 0 Å². The lowest BCUT2D eigenvalue weighted by molar-refractivity contribution is 0.411. The van der Waals surface area contributed by atoms with Crippen molar-refractivity contribution in [3.63, 3.8) is 0 Å². The summed E-state index contributed by atoms with van der Waals surface area (Å²) in [6.45, 7) is 2.14. The Balaban J connectivity index is 1.56. The van der Waals surface area contributed by atoms with E-state index < -0.39 is 0 Å². The van der Waals surface area contributed by atoms with Crippen LogP contribution in [0.25, 0.3) is 0 Å². The molecule has 5 atom stereocenters. The summed E-state index contributed by atoms with van der Waals surface area (Å²) in [5.74, 6) is 6.08. The number of aryl methyl sites for hydroxylation is 1. The number of methoxy groups -OCH3 is 1. The zero-order valence-electron chi connectivity index (χ0n) is 11.6. The van der Waals surface area contributed by atoms with Crippen molar-refractivity contribution in [2.24, 2.45) is 29.6 Å². The van der Waals surface area contributed by atoms with Gasteiger partial charge < -0.3 is 4.74 Å². The van der Waals surface area contributed by atoms with Gasteiger partial charge in [-0.1, -0.05) is 28.1 Å². The number of benzene rings is 1. The van der Waals surface area contributed by atoms with E-state index >= 15 is 0 Å². The lowest BCUT2D eigenvalue weighted by Gasteiger charge is -2.16. The highest BCUT2D eigenvalue weighted by atomic mass is 79.9. The second-order valence-corrected chi connectivity index (χ2v) is 7.68. The molecule has 0 aliphatic heterocycles. The SMILES string of the molecule is COc1ccc(C(Br)C2C3C4CCC(C4)C32)cc1C. The van der Waals surface area contributed by atoms with Crippen LogP contribution in [0.5, 0.6) is 5.75 Å². The van der Waals surface area contributed by atoms with Crippen LogP contribution < -0.4 is 4.74 Å². The number of hydrogen-bond acceptors (Lipinski definition) is 1. The maximum Gasteiger partial charge on any atom is 0.121 e. The zero-order chi connectivity index (χ0) is 13.1. The van der Waals surface area contributed by atoms with Crippen molar-refractivity contribution in [1.29, 1.82) is 0 Å². The Morgan fingerprint density at radius 1 is 1.21 bits per heavy atom. The highest BCUT2D eigenvalue weighted by Crippen LogP contribution is 2.73. The lowest BCUT2D eigenvalue weighted by Crippen LogP contribution is -2.04. The fourth-order valence-electron chi connectivity index (χ4n) is 5.08. The Morgan fingerprint density at radius 2 is 1.89 bits per heavy atom. The lowest BCUT2D eigenvalue weighted by atomic mass is 9.96. The molecule has 1 nitrogen and oxygen atoms in total. The van der Waals surface area contributed by atoms with Gasteiger partial charge in [0.2, 0.25) is 0 Å². The van der Waals surface area contributed by atoms with Crippen molar-refractivity contribution in [2.45, 2.75) is 31.0 Å². The molecule has 3 aliphatic rings. The molecule has 3 saturated carbocycles. The Labute approximate surface area is 123 Å². The van der Waals surface area contributed by atoms with Crippen LogP contribution in [0.4, 0.5) is 0 Å². The van der Waals surface area contributed by atoms with E-state index in [1.807, 2.05) is 0 Å². The molecular formula is C17H21BrO. The summed E-state index contributed by atoms with van der Waals surface area (Å²) in [6, 6.07) is 6.65. The number of fused-ring (bicyclic) bond motifs is 5. The highest BCUT2D eigenvalue weighted by molar-refractivity contribution is 9.09. The van der Waals surface area contributed by atoms with E-state index in [9.17, 15) is 0 Å². The molecule has 2 heteroatoms. The molecule has 0 N–H and O–H groups in total. The summed E-state index contributed by atoms with van der Waals surface area (Å²) in [7, 11) is 1.75. The summed E-state index contributed by atoms with van der Waals surface area (Å²) in [4.78, 5) is 0.551. The highest BCUT2D eigenvalue weighted by Gasteiger charge is 2.66. The average Bonchev–Trinajstić information content (AvgIpc) is 2.85. The van der Waals surface area contributed by atoms with Crippen molar-refractivity contribution in [2.75, 3.05) is 7.11 Å². The average molecular weight is 321 g/mol. The minimum absolute atomic E-state index is 0.551. The first-order chi connectivity index (χ1) is 9.20. The second kappa shape index (κ2) is 4.25. The Morgan fingerprint density at radius 3 is 2.47 bits per heavy atom. The summed E-state index contributed by atoms with van der Waals surface area (Å²) >= 11 is 3.99. The number of halogens is 1. The Bertz CT molecular complexity index is 496. The van der Waals surface area contributed by atoms with E-state index in [2.05, 4.69) is 41.1 Å². The van der Waals surface area contributed by atoms with Crippen molar-refractivity contribution in [3.8, 4) is 5.75 Å². The Kier molecular flexibility index (Phi) is 2.74. The first kappa shape index (κ1) is 12.3. The second-order valence-electron chi connectivity index (χ2n) is 6.70. The van der Waals surface area contributed by atoms with Crippen molar-refractivity contribution in [3.05, 3.63) is 29.3 Å². The molecule has 102 valence electrons. The molecule has 0 radical (unpaired) electrons. The fraction of sp³-hybridized carbons (Fsp3) is 0.647. The van der Waals surface area contributed by atoms with Gasteiger partial charge in [-0.3, -0.25) is 0 Å². The van der Waals surface area contributed by atoms with Crippen molar-refractivity contribution < 1.29 is 4.74 Å². The van der Waals surface area contributed by atoms with Gasteiger partial charge in [0.1, 0.15) is 5.75 Å². The zero-order valence-corrected chi connectivity index (χ0v) is 13.2. The summed E-state index contributed by atoms with van der Waals surface area (Å²) in [6.07, 6.45) is 4.54. The van der Waals surface area contributed by atoms with E-state index in [1.54, 1.807) is 7.11 Å². The van der Waals surface area contributed by atoms with Gasteiger partial charge in [0.05, 0.1) is 7.11 Å². The summed E-state index contributed by atoms with van der Waals surface area (Å²) in [5.41, 5.74) is 2.69. The third-order valence-electron chi connectivity index (χ3n) is 5.87. The third kappa shape index (κ3) is 1.72. The molecular weight excluding hydrogens is 300 g/mol. The maximum atomic E-state index is 5.36. The van der Waals surface area contributed by atoms with Crippen LogP contribution in [0.1, 0.15) is 35.2 Å². The monoisotopic (exact) mass is 320 g/mol. The van der Waals surface area contributed by atoms with Gasteiger partial charge in [0.25, 0.3) is 0 Å². The maximum absolute atomic E-state index is 5.36. The van der Waals surface area contributed by atoms with E-state index in [-0.39, 0.29) is 0 Å². The molecule has 0 aromatic heterocycles. The quantitative estimate of drug-likeness (QED) is 0.731. The fourth-order valence-corrected chi connectivity index (χ4v) is 6.07. The van der Waals surface area contributed by atoms with Crippen LogP contribution in [-0.2, 0) is 0 Å². The first-order valence-electron chi connectivity index (χ1n) is 7.49. The van der Waals surface area contributed by atoms with Gasteiger partial charge in [0, 0.05) is 4.83 Å². The normalized spacial score (nSPS) is 40.1. The molecule has 19 heavy (non-hydrogen) atoms. The van der Waals surface area contributed by atoms with E-state index in [4.69, 9.17) is 4.74 Å². The number of hydrogen-bond donors (Lipinski definition) is 0. The van der Waals surface area contributed by atoms with Crippen LogP contribution in [0.2, 0.25) is 0 Å². The molecule has 3 aliphatic carbocycles. The smallest absolute Gasteiger partial charge is 0.121 e. The van der Waals surface area contributed by atoms with Gasteiger partial charge in [-0.2, -0.15) is 0 Å². The van der Waals surface area contributed by atoms with E-state index in [0.717, 1.165) is 35.3 Å². The topological polar surface area (TPSA) is 9.23 Å². The van der Waals surface area contributed by atoms with Crippen molar-refractivity contribution >= 4 is 15.9 Å². The van der Waals surface area contributed by atoms with Crippen LogP contribution in [0.15, 0.2) is 18.2 Å². The standard InChI is InChI=1S/C17H21BrO/c1-9-7-12(5-6-13(9)19-2)17(18)16-14-10-3-4-11(8-10)15(14)16/h5-7,10-11,14-17H,3-4,8H2,1-2H3. The van der Waals surface area contributed by atoms with E-state index in [1.165, 1.54) is 30.4 Å². The minimum atomic E-state index is 0.551. The van der Waals surface area contributed by atoms with Gasteiger partial charge in [-0.15, -0.1) is 0 Å². The third-order valence-corrected chi connectivity index (χ3v) is 7.01. The summed E-state index contributed by atoms with van der Waals surface area (Å²) < 4.78 is 5.36. The van der Waals surface area contributed by atoms with Gasteiger partial charge in [-0.05, 0) is 73.0 Å². The first-order valence-corrected chi connectivity index (χ1v) is 8.41. The Hall–Kier alpha value is -0.500.